The number of ether oxygens (including phenoxy) is 2. The molecule has 3 rings (SSSR count). The van der Waals surface area contributed by atoms with Crippen molar-refractivity contribution in [3.63, 3.8) is 0 Å². The lowest BCUT2D eigenvalue weighted by Crippen LogP contribution is -2.20. The standard InChI is InChI=1S/C27H34N2O2/c1-4-7-13-22-16-12-17-24(21-14-10-9-11-15-21)26(22)27-28-19-23(20-29-27)31-25(6-3)30-18-8-5-2/h9-12,14-17,19-20,25H,4-8,13,18H2,1-3H3/t25-/m0/s1. The molecule has 1 atom stereocenters. The summed E-state index contributed by atoms with van der Waals surface area (Å²) in [6.07, 6.45) is 9.48. The van der Waals surface area contributed by atoms with Crippen LogP contribution in [0, 0.1) is 0 Å². The van der Waals surface area contributed by atoms with Crippen LogP contribution in [0.3, 0.4) is 0 Å². The molecule has 0 aliphatic carbocycles. The molecular formula is C27H34N2O2. The molecule has 4 nitrogen and oxygen atoms in total. The van der Waals surface area contributed by atoms with Crippen LogP contribution < -0.4 is 4.74 Å². The number of nitrogens with zero attached hydrogens (tertiary/aromatic N) is 2. The van der Waals surface area contributed by atoms with Crippen molar-refractivity contribution in [3.8, 4) is 28.3 Å². The Morgan fingerprint density at radius 1 is 0.839 bits per heavy atom. The molecule has 0 radical (unpaired) electrons. The van der Waals surface area contributed by atoms with E-state index in [0.29, 0.717) is 12.4 Å². The Kier molecular flexibility index (Phi) is 9.04. The van der Waals surface area contributed by atoms with Crippen molar-refractivity contribution in [3.05, 3.63) is 66.5 Å². The van der Waals surface area contributed by atoms with Gasteiger partial charge in [-0.2, -0.15) is 0 Å². The maximum Gasteiger partial charge on any atom is 0.199 e. The van der Waals surface area contributed by atoms with E-state index < -0.39 is 0 Å². The molecule has 0 fully saturated rings. The van der Waals surface area contributed by atoms with E-state index in [0.717, 1.165) is 55.5 Å². The van der Waals surface area contributed by atoms with Gasteiger partial charge in [-0.05, 0) is 36.0 Å². The first kappa shape index (κ1) is 23.0. The summed E-state index contributed by atoms with van der Waals surface area (Å²) in [6, 6.07) is 16.9. The number of unbranched alkanes of at least 4 members (excludes halogenated alkanes) is 2. The Bertz CT molecular complexity index is 910. The molecular weight excluding hydrogens is 384 g/mol. The second-order valence-electron chi connectivity index (χ2n) is 7.73. The van der Waals surface area contributed by atoms with Gasteiger partial charge in [-0.3, -0.25) is 0 Å². The van der Waals surface area contributed by atoms with Crippen LogP contribution in [0.1, 0.15) is 58.4 Å². The zero-order valence-corrected chi connectivity index (χ0v) is 19.0. The zero-order chi connectivity index (χ0) is 21.9. The second kappa shape index (κ2) is 12.2. The van der Waals surface area contributed by atoms with E-state index in [1.54, 1.807) is 12.4 Å². The molecule has 0 saturated carbocycles. The SMILES string of the molecule is CCCCO[C@H](CC)Oc1cnc(-c2c(CCCC)cccc2-c2ccccc2)nc1. The minimum Gasteiger partial charge on any atom is -0.462 e. The van der Waals surface area contributed by atoms with Gasteiger partial charge < -0.3 is 9.47 Å². The highest BCUT2D eigenvalue weighted by Gasteiger charge is 2.16. The molecule has 0 bridgehead atoms. The Hall–Kier alpha value is -2.72. The Morgan fingerprint density at radius 3 is 2.26 bits per heavy atom. The maximum atomic E-state index is 5.96. The predicted molar refractivity (Wildman–Crippen MR) is 127 cm³/mol. The average molecular weight is 419 g/mol. The van der Waals surface area contributed by atoms with Gasteiger partial charge in [0.1, 0.15) is 0 Å². The van der Waals surface area contributed by atoms with Crippen molar-refractivity contribution >= 4 is 0 Å². The third-order valence-electron chi connectivity index (χ3n) is 5.29. The summed E-state index contributed by atoms with van der Waals surface area (Å²) in [5.41, 5.74) is 4.73. The smallest absolute Gasteiger partial charge is 0.199 e. The molecule has 0 amide bonds. The quantitative estimate of drug-likeness (QED) is 0.233. The first-order valence-corrected chi connectivity index (χ1v) is 11.5. The van der Waals surface area contributed by atoms with Gasteiger partial charge in [-0.25, -0.2) is 9.97 Å². The predicted octanol–water partition coefficient (Wildman–Crippen LogP) is 7.08. The van der Waals surface area contributed by atoms with Crippen LogP contribution in [0.15, 0.2) is 60.9 Å². The topological polar surface area (TPSA) is 44.2 Å². The van der Waals surface area contributed by atoms with Gasteiger partial charge in [0.15, 0.2) is 17.9 Å². The Balaban J connectivity index is 1.89. The molecule has 0 aliphatic heterocycles. The number of hydrogen-bond acceptors (Lipinski definition) is 4. The maximum absolute atomic E-state index is 5.96. The fourth-order valence-corrected chi connectivity index (χ4v) is 3.55. The minimum absolute atomic E-state index is 0.266. The molecule has 1 aromatic heterocycles. The highest BCUT2D eigenvalue weighted by Crippen LogP contribution is 2.34. The summed E-state index contributed by atoms with van der Waals surface area (Å²) in [7, 11) is 0. The third kappa shape index (κ3) is 6.38. The molecule has 31 heavy (non-hydrogen) atoms. The summed E-state index contributed by atoms with van der Waals surface area (Å²) >= 11 is 0. The van der Waals surface area contributed by atoms with E-state index in [1.165, 1.54) is 11.1 Å². The van der Waals surface area contributed by atoms with E-state index in [1.807, 2.05) is 6.07 Å². The van der Waals surface area contributed by atoms with E-state index >= 15 is 0 Å². The van der Waals surface area contributed by atoms with Gasteiger partial charge in [0.2, 0.25) is 0 Å². The summed E-state index contributed by atoms with van der Waals surface area (Å²) in [5.74, 6) is 1.37. The van der Waals surface area contributed by atoms with Crippen molar-refractivity contribution < 1.29 is 9.47 Å². The molecule has 0 unspecified atom stereocenters. The van der Waals surface area contributed by atoms with Gasteiger partial charge in [0.05, 0.1) is 19.0 Å². The van der Waals surface area contributed by atoms with E-state index in [4.69, 9.17) is 19.4 Å². The molecule has 164 valence electrons. The van der Waals surface area contributed by atoms with Gasteiger partial charge in [-0.15, -0.1) is 0 Å². The van der Waals surface area contributed by atoms with E-state index in [9.17, 15) is 0 Å². The minimum atomic E-state index is -0.266. The summed E-state index contributed by atoms with van der Waals surface area (Å²) in [4.78, 5) is 9.39. The summed E-state index contributed by atoms with van der Waals surface area (Å²) in [6.45, 7) is 7.14. The van der Waals surface area contributed by atoms with Crippen LogP contribution >= 0.6 is 0 Å². The molecule has 4 heteroatoms. The molecule has 0 aliphatic rings. The van der Waals surface area contributed by atoms with Crippen LogP contribution in [-0.4, -0.2) is 22.9 Å². The van der Waals surface area contributed by atoms with Crippen molar-refractivity contribution in [1.29, 1.82) is 0 Å². The Labute approximate surface area is 186 Å². The van der Waals surface area contributed by atoms with Crippen LogP contribution in [0.25, 0.3) is 22.5 Å². The van der Waals surface area contributed by atoms with Gasteiger partial charge in [0.25, 0.3) is 0 Å². The molecule has 1 heterocycles. The lowest BCUT2D eigenvalue weighted by atomic mass is 9.92. The Morgan fingerprint density at radius 2 is 1.58 bits per heavy atom. The van der Waals surface area contributed by atoms with Crippen molar-refractivity contribution in [2.45, 2.75) is 65.6 Å². The largest absolute Gasteiger partial charge is 0.462 e. The molecule has 0 spiro atoms. The van der Waals surface area contributed by atoms with Crippen LogP contribution in [0.4, 0.5) is 0 Å². The highest BCUT2D eigenvalue weighted by atomic mass is 16.7. The number of aryl methyl sites for hydroxylation is 1. The van der Waals surface area contributed by atoms with Gasteiger partial charge in [0, 0.05) is 12.0 Å². The van der Waals surface area contributed by atoms with Crippen molar-refractivity contribution in [1.82, 2.24) is 9.97 Å². The van der Waals surface area contributed by atoms with Crippen molar-refractivity contribution in [2.75, 3.05) is 6.61 Å². The normalized spacial score (nSPS) is 12.0. The molecule has 2 aromatic carbocycles. The van der Waals surface area contributed by atoms with Crippen LogP contribution in [0.2, 0.25) is 0 Å². The fourth-order valence-electron chi connectivity index (χ4n) is 3.55. The average Bonchev–Trinajstić information content (AvgIpc) is 2.83. The van der Waals surface area contributed by atoms with Gasteiger partial charge >= 0.3 is 0 Å². The monoisotopic (exact) mass is 418 g/mol. The van der Waals surface area contributed by atoms with Crippen LogP contribution in [-0.2, 0) is 11.2 Å². The van der Waals surface area contributed by atoms with Crippen molar-refractivity contribution in [2.24, 2.45) is 0 Å². The first-order valence-electron chi connectivity index (χ1n) is 11.5. The number of hydrogen-bond donors (Lipinski definition) is 0. The molecule has 3 aromatic rings. The lowest BCUT2D eigenvalue weighted by Gasteiger charge is -2.18. The van der Waals surface area contributed by atoms with Gasteiger partial charge in [-0.1, -0.05) is 82.1 Å². The number of aromatic nitrogens is 2. The molecule has 0 saturated heterocycles. The highest BCUT2D eigenvalue weighted by molar-refractivity contribution is 5.82. The summed E-state index contributed by atoms with van der Waals surface area (Å²) in [5, 5.41) is 0. The fraction of sp³-hybridized carbons (Fsp3) is 0.407. The van der Waals surface area contributed by atoms with E-state index in [2.05, 4.69) is 63.2 Å². The zero-order valence-electron chi connectivity index (χ0n) is 19.0. The number of benzene rings is 2. The summed E-state index contributed by atoms with van der Waals surface area (Å²) < 4.78 is 11.8. The molecule has 0 N–H and O–H groups in total. The van der Waals surface area contributed by atoms with Crippen LogP contribution in [0.5, 0.6) is 5.75 Å². The first-order chi connectivity index (χ1) is 15.3. The number of rotatable bonds is 12. The third-order valence-corrected chi connectivity index (χ3v) is 5.29. The second-order valence-corrected chi connectivity index (χ2v) is 7.73. The lowest BCUT2D eigenvalue weighted by molar-refractivity contribution is -0.0826. The van der Waals surface area contributed by atoms with E-state index in [-0.39, 0.29) is 6.29 Å².